The second-order valence-electron chi connectivity index (χ2n) is 5.63. The van der Waals surface area contributed by atoms with E-state index in [0.29, 0.717) is 5.92 Å². The van der Waals surface area contributed by atoms with Gasteiger partial charge in [0.15, 0.2) is 0 Å². The summed E-state index contributed by atoms with van der Waals surface area (Å²) in [5, 5.41) is 9.70. The van der Waals surface area contributed by atoms with Gasteiger partial charge in [-0.05, 0) is 57.8 Å². The highest BCUT2D eigenvalue weighted by Crippen LogP contribution is 2.40. The molecule has 1 atom stereocenters. The van der Waals surface area contributed by atoms with E-state index in [2.05, 4.69) is 15.9 Å². The second kappa shape index (κ2) is 4.01. The van der Waals surface area contributed by atoms with Gasteiger partial charge in [0.25, 0.3) is 0 Å². The van der Waals surface area contributed by atoms with Crippen LogP contribution in [0, 0.1) is 17.2 Å². The molecule has 3 heteroatoms. The monoisotopic (exact) mass is 219 g/mol. The van der Waals surface area contributed by atoms with Gasteiger partial charge in [-0.3, -0.25) is 4.90 Å². The molecule has 0 radical (unpaired) electrons. The van der Waals surface area contributed by atoms with Crippen LogP contribution in [0.3, 0.4) is 0 Å². The van der Waals surface area contributed by atoms with E-state index < -0.39 is 0 Å². The van der Waals surface area contributed by atoms with E-state index >= 15 is 0 Å². The first-order chi connectivity index (χ1) is 7.85. The van der Waals surface area contributed by atoms with Crippen molar-refractivity contribution in [3.8, 4) is 6.07 Å². The average molecular weight is 219 g/mol. The molecule has 0 N–H and O–H groups in total. The van der Waals surface area contributed by atoms with Gasteiger partial charge in [-0.1, -0.05) is 6.42 Å². The van der Waals surface area contributed by atoms with E-state index in [0.717, 1.165) is 19.6 Å². The van der Waals surface area contributed by atoms with E-state index in [1.807, 2.05) is 0 Å². The summed E-state index contributed by atoms with van der Waals surface area (Å²) >= 11 is 0. The molecule has 1 unspecified atom stereocenters. The Bertz CT molecular complexity index is 295. The Morgan fingerprint density at radius 3 is 2.19 bits per heavy atom. The predicted octanol–water partition coefficient (Wildman–Crippen LogP) is 1.46. The number of rotatable bonds is 1. The molecule has 0 aliphatic carbocycles. The first-order valence-corrected chi connectivity index (χ1v) is 6.74. The maximum Gasteiger partial charge on any atom is 0.124 e. The molecule has 0 spiro atoms. The Balaban J connectivity index is 1.85. The lowest BCUT2D eigenvalue weighted by molar-refractivity contribution is -0.0454. The molecule has 4 saturated heterocycles. The van der Waals surface area contributed by atoms with E-state index in [4.69, 9.17) is 0 Å². The molecule has 0 aromatic rings. The first-order valence-electron chi connectivity index (χ1n) is 6.74. The highest BCUT2D eigenvalue weighted by molar-refractivity contribution is 5.18. The third-order valence-corrected chi connectivity index (χ3v) is 4.84. The van der Waals surface area contributed by atoms with Gasteiger partial charge < -0.3 is 4.90 Å². The van der Waals surface area contributed by atoms with Crippen molar-refractivity contribution in [3.05, 3.63) is 0 Å². The molecular formula is C13H21N3. The molecule has 4 aliphatic heterocycles. The standard InChI is InChI=1S/C13H21N3/c14-10-13(16-6-2-1-3-7-16)11-15-8-4-12(13)5-9-15/h12H,1-9,11H2. The van der Waals surface area contributed by atoms with Crippen molar-refractivity contribution < 1.29 is 0 Å². The molecule has 0 saturated carbocycles. The number of hydrogen-bond acceptors (Lipinski definition) is 3. The molecular weight excluding hydrogens is 198 g/mol. The number of nitrogens with zero attached hydrogens (tertiary/aromatic N) is 3. The van der Waals surface area contributed by atoms with Gasteiger partial charge in [0, 0.05) is 6.54 Å². The van der Waals surface area contributed by atoms with Gasteiger partial charge in [0.1, 0.15) is 5.54 Å². The van der Waals surface area contributed by atoms with Crippen molar-refractivity contribution in [1.29, 1.82) is 5.26 Å². The van der Waals surface area contributed by atoms with E-state index in [-0.39, 0.29) is 5.54 Å². The molecule has 0 aromatic heterocycles. The summed E-state index contributed by atoms with van der Waals surface area (Å²) in [6.45, 7) is 5.76. The zero-order valence-corrected chi connectivity index (χ0v) is 9.99. The SMILES string of the molecule is N#CC1(N2CCCCC2)CN2CCC1CC2. The molecule has 0 amide bonds. The molecule has 4 fully saturated rings. The zero-order chi connectivity index (χ0) is 11.0. The van der Waals surface area contributed by atoms with Gasteiger partial charge in [0.2, 0.25) is 0 Å². The van der Waals surface area contributed by atoms with Crippen LogP contribution in [0.2, 0.25) is 0 Å². The largest absolute Gasteiger partial charge is 0.300 e. The Morgan fingerprint density at radius 1 is 1.00 bits per heavy atom. The van der Waals surface area contributed by atoms with Crippen LogP contribution in [-0.2, 0) is 0 Å². The fourth-order valence-electron chi connectivity index (χ4n) is 3.89. The van der Waals surface area contributed by atoms with Crippen LogP contribution >= 0.6 is 0 Å². The number of nitriles is 1. The molecule has 88 valence electrons. The quantitative estimate of drug-likeness (QED) is 0.669. The minimum absolute atomic E-state index is 0.128. The molecule has 0 aromatic carbocycles. The summed E-state index contributed by atoms with van der Waals surface area (Å²) in [5.74, 6) is 0.639. The van der Waals surface area contributed by atoms with Crippen molar-refractivity contribution in [3.63, 3.8) is 0 Å². The maximum atomic E-state index is 9.70. The number of fused-ring (bicyclic) bond motifs is 3. The molecule has 4 aliphatic rings. The molecule has 16 heavy (non-hydrogen) atoms. The topological polar surface area (TPSA) is 30.3 Å². The summed E-state index contributed by atoms with van der Waals surface area (Å²) in [7, 11) is 0. The minimum atomic E-state index is -0.128. The predicted molar refractivity (Wildman–Crippen MR) is 62.9 cm³/mol. The van der Waals surface area contributed by atoms with Crippen molar-refractivity contribution >= 4 is 0 Å². The Labute approximate surface area is 98.0 Å². The summed E-state index contributed by atoms with van der Waals surface area (Å²) in [6, 6.07) is 2.70. The van der Waals surface area contributed by atoms with Gasteiger partial charge in [-0.25, -0.2) is 0 Å². The second-order valence-corrected chi connectivity index (χ2v) is 5.63. The van der Waals surface area contributed by atoms with E-state index in [9.17, 15) is 5.26 Å². The van der Waals surface area contributed by atoms with Crippen molar-refractivity contribution in [2.24, 2.45) is 5.92 Å². The lowest BCUT2D eigenvalue weighted by Gasteiger charge is -2.55. The Morgan fingerprint density at radius 2 is 1.69 bits per heavy atom. The lowest BCUT2D eigenvalue weighted by Crippen LogP contribution is -2.67. The normalized spacial score (nSPS) is 44.2. The van der Waals surface area contributed by atoms with Crippen molar-refractivity contribution in [2.45, 2.75) is 37.6 Å². The Hall–Kier alpha value is -0.590. The van der Waals surface area contributed by atoms with Gasteiger partial charge in [-0.15, -0.1) is 0 Å². The first kappa shape index (κ1) is 10.6. The fraction of sp³-hybridized carbons (Fsp3) is 0.923. The highest BCUT2D eigenvalue weighted by Gasteiger charge is 2.50. The molecule has 4 rings (SSSR count). The van der Waals surface area contributed by atoms with Crippen molar-refractivity contribution in [1.82, 2.24) is 9.80 Å². The van der Waals surface area contributed by atoms with Crippen LogP contribution in [0.5, 0.6) is 0 Å². The van der Waals surface area contributed by atoms with Crippen molar-refractivity contribution in [2.75, 3.05) is 32.7 Å². The van der Waals surface area contributed by atoms with Crippen LogP contribution in [0.4, 0.5) is 0 Å². The number of hydrogen-bond donors (Lipinski definition) is 0. The van der Waals surface area contributed by atoms with Crippen LogP contribution in [0.15, 0.2) is 0 Å². The minimum Gasteiger partial charge on any atom is -0.300 e. The van der Waals surface area contributed by atoms with Gasteiger partial charge >= 0.3 is 0 Å². The smallest absolute Gasteiger partial charge is 0.124 e. The highest BCUT2D eigenvalue weighted by atomic mass is 15.3. The summed E-state index contributed by atoms with van der Waals surface area (Å²) < 4.78 is 0. The van der Waals surface area contributed by atoms with Gasteiger partial charge in [-0.2, -0.15) is 5.26 Å². The van der Waals surface area contributed by atoms with E-state index in [1.54, 1.807) is 0 Å². The van der Waals surface area contributed by atoms with Crippen LogP contribution in [0.25, 0.3) is 0 Å². The molecule has 2 bridgehead atoms. The average Bonchev–Trinajstić information content (AvgIpc) is 2.41. The summed E-state index contributed by atoms with van der Waals surface area (Å²) in [6.07, 6.45) is 6.41. The number of likely N-dealkylation sites (tertiary alicyclic amines) is 1. The van der Waals surface area contributed by atoms with Crippen LogP contribution < -0.4 is 0 Å². The summed E-state index contributed by atoms with van der Waals surface area (Å²) in [4.78, 5) is 5.00. The Kier molecular flexibility index (Phi) is 2.65. The van der Waals surface area contributed by atoms with Crippen LogP contribution in [0.1, 0.15) is 32.1 Å². The lowest BCUT2D eigenvalue weighted by atomic mass is 9.72. The third-order valence-electron chi connectivity index (χ3n) is 4.84. The van der Waals surface area contributed by atoms with Gasteiger partial charge in [0.05, 0.1) is 6.07 Å². The summed E-state index contributed by atoms with van der Waals surface area (Å²) in [5.41, 5.74) is -0.128. The maximum absolute atomic E-state index is 9.70. The fourth-order valence-corrected chi connectivity index (χ4v) is 3.89. The van der Waals surface area contributed by atoms with Crippen LogP contribution in [-0.4, -0.2) is 48.1 Å². The zero-order valence-electron chi connectivity index (χ0n) is 9.99. The molecule has 4 heterocycles. The third kappa shape index (κ3) is 1.48. The number of piperidine rings is 4. The van der Waals surface area contributed by atoms with E-state index in [1.165, 1.54) is 45.2 Å². The molecule has 3 nitrogen and oxygen atoms in total.